The van der Waals surface area contributed by atoms with E-state index in [-0.39, 0.29) is 11.9 Å². The Morgan fingerprint density at radius 1 is 1.25 bits per heavy atom. The average Bonchev–Trinajstić information content (AvgIpc) is 2.44. The molecule has 1 aromatic carbocycles. The lowest BCUT2D eigenvalue weighted by atomic mass is 10.1. The second-order valence-corrected chi connectivity index (χ2v) is 5.37. The Labute approximate surface area is 122 Å². The maximum Gasteiger partial charge on any atom is 0.278 e. The molecule has 0 fully saturated rings. The van der Waals surface area contributed by atoms with Gasteiger partial charge in [0.1, 0.15) is 6.54 Å². The van der Waals surface area contributed by atoms with Crippen LogP contribution in [0, 0.1) is 0 Å². The van der Waals surface area contributed by atoms with Crippen molar-refractivity contribution in [2.45, 2.75) is 33.4 Å². The third-order valence-electron chi connectivity index (χ3n) is 3.69. The summed E-state index contributed by atoms with van der Waals surface area (Å²) in [5.74, 6) is 0.134. The molecule has 1 unspecified atom stereocenters. The molecule has 0 aliphatic rings. The SMILES string of the molecule is CCNC(=O)[C@@H](C)[NH+](CC)Cc1ccc(N(C)C)cc1. The van der Waals surface area contributed by atoms with Crippen LogP contribution in [0.2, 0.25) is 0 Å². The molecule has 112 valence electrons. The van der Waals surface area contributed by atoms with Crippen molar-refractivity contribution >= 4 is 11.6 Å². The molecule has 20 heavy (non-hydrogen) atoms. The van der Waals surface area contributed by atoms with Gasteiger partial charge in [-0.15, -0.1) is 0 Å². The van der Waals surface area contributed by atoms with Crippen molar-refractivity contribution < 1.29 is 9.69 Å². The Kier molecular flexibility index (Phi) is 6.52. The molecule has 1 rings (SSSR count). The zero-order valence-electron chi connectivity index (χ0n) is 13.4. The zero-order chi connectivity index (χ0) is 15.1. The van der Waals surface area contributed by atoms with E-state index in [0.29, 0.717) is 6.54 Å². The van der Waals surface area contributed by atoms with Gasteiger partial charge in [0.15, 0.2) is 6.04 Å². The number of carbonyl (C=O) groups excluding carboxylic acids is 1. The van der Waals surface area contributed by atoms with E-state index in [2.05, 4.69) is 41.4 Å². The van der Waals surface area contributed by atoms with Gasteiger partial charge in [0.25, 0.3) is 5.91 Å². The van der Waals surface area contributed by atoms with Gasteiger partial charge >= 0.3 is 0 Å². The van der Waals surface area contributed by atoms with Crippen LogP contribution in [0.25, 0.3) is 0 Å². The zero-order valence-corrected chi connectivity index (χ0v) is 13.4. The summed E-state index contributed by atoms with van der Waals surface area (Å²) in [5.41, 5.74) is 2.46. The fourth-order valence-corrected chi connectivity index (χ4v) is 2.27. The molecule has 1 amide bonds. The maximum absolute atomic E-state index is 11.9. The molecule has 2 N–H and O–H groups in total. The third kappa shape index (κ3) is 4.53. The number of quaternary nitrogens is 1. The first kappa shape index (κ1) is 16.5. The molecule has 0 spiro atoms. The molecule has 0 saturated carbocycles. The lowest BCUT2D eigenvalue weighted by Crippen LogP contribution is -3.15. The molecular weight excluding hydrogens is 250 g/mol. The van der Waals surface area contributed by atoms with Crippen LogP contribution in [0.15, 0.2) is 24.3 Å². The topological polar surface area (TPSA) is 36.8 Å². The summed E-state index contributed by atoms with van der Waals surface area (Å²) in [4.78, 5) is 15.3. The van der Waals surface area contributed by atoms with Gasteiger partial charge in [-0.1, -0.05) is 12.1 Å². The van der Waals surface area contributed by atoms with Gasteiger partial charge in [0, 0.05) is 31.9 Å². The number of nitrogens with one attached hydrogen (secondary N) is 2. The predicted octanol–water partition coefficient (Wildman–Crippen LogP) is 0.682. The number of benzene rings is 1. The number of hydrogen-bond acceptors (Lipinski definition) is 2. The third-order valence-corrected chi connectivity index (χ3v) is 3.69. The van der Waals surface area contributed by atoms with Gasteiger partial charge in [-0.3, -0.25) is 4.79 Å². The number of hydrogen-bond donors (Lipinski definition) is 2. The molecule has 4 heteroatoms. The summed E-state index contributed by atoms with van der Waals surface area (Å²) in [6, 6.07) is 8.53. The molecule has 0 saturated heterocycles. The number of anilines is 1. The van der Waals surface area contributed by atoms with Crippen molar-refractivity contribution in [3.8, 4) is 0 Å². The van der Waals surface area contributed by atoms with Gasteiger partial charge in [-0.25, -0.2) is 0 Å². The van der Waals surface area contributed by atoms with Gasteiger partial charge in [-0.05, 0) is 32.9 Å². The first-order chi connectivity index (χ1) is 9.49. The maximum atomic E-state index is 11.9. The summed E-state index contributed by atoms with van der Waals surface area (Å²) >= 11 is 0. The first-order valence-electron chi connectivity index (χ1n) is 7.38. The van der Waals surface area contributed by atoms with Crippen molar-refractivity contribution in [3.05, 3.63) is 29.8 Å². The summed E-state index contributed by atoms with van der Waals surface area (Å²) in [5, 5.41) is 2.90. The second kappa shape index (κ2) is 7.90. The number of likely N-dealkylation sites (N-methyl/N-ethyl adjacent to an activating group) is 2. The van der Waals surface area contributed by atoms with Gasteiger partial charge in [-0.2, -0.15) is 0 Å². The van der Waals surface area contributed by atoms with Crippen LogP contribution in [-0.2, 0) is 11.3 Å². The van der Waals surface area contributed by atoms with Crippen LogP contribution in [0.5, 0.6) is 0 Å². The minimum absolute atomic E-state index is 0.0199. The molecule has 0 aliphatic carbocycles. The Balaban J connectivity index is 2.70. The molecule has 4 nitrogen and oxygen atoms in total. The highest BCUT2D eigenvalue weighted by atomic mass is 16.2. The number of rotatable bonds is 7. The highest BCUT2D eigenvalue weighted by molar-refractivity contribution is 5.79. The van der Waals surface area contributed by atoms with Gasteiger partial charge in [0.2, 0.25) is 0 Å². The lowest BCUT2D eigenvalue weighted by molar-refractivity contribution is -0.926. The summed E-state index contributed by atoms with van der Waals surface area (Å²) in [7, 11) is 4.07. The van der Waals surface area contributed by atoms with E-state index in [1.807, 2.05) is 27.9 Å². The van der Waals surface area contributed by atoms with E-state index in [1.54, 1.807) is 0 Å². The minimum Gasteiger partial charge on any atom is -0.378 e. The number of nitrogens with zero attached hydrogens (tertiary/aromatic N) is 1. The second-order valence-electron chi connectivity index (χ2n) is 5.37. The van der Waals surface area contributed by atoms with Crippen molar-refractivity contribution in [1.82, 2.24) is 5.32 Å². The summed E-state index contributed by atoms with van der Waals surface area (Å²) in [6.07, 6.45) is 0. The molecule has 0 radical (unpaired) electrons. The smallest absolute Gasteiger partial charge is 0.278 e. The molecule has 0 aliphatic heterocycles. The highest BCUT2D eigenvalue weighted by Crippen LogP contribution is 2.11. The molecule has 2 atom stereocenters. The summed E-state index contributed by atoms with van der Waals surface area (Å²) in [6.45, 7) is 8.58. The van der Waals surface area contributed by atoms with Gasteiger partial charge in [0.05, 0.1) is 6.54 Å². The Bertz CT molecular complexity index is 414. The van der Waals surface area contributed by atoms with Crippen LogP contribution in [-0.4, -0.2) is 39.1 Å². The lowest BCUT2D eigenvalue weighted by Gasteiger charge is -2.24. The van der Waals surface area contributed by atoms with E-state index in [9.17, 15) is 4.79 Å². The summed E-state index contributed by atoms with van der Waals surface area (Å²) < 4.78 is 0. The van der Waals surface area contributed by atoms with Crippen LogP contribution in [0.3, 0.4) is 0 Å². The quantitative estimate of drug-likeness (QED) is 0.770. The Morgan fingerprint density at radius 2 is 1.85 bits per heavy atom. The first-order valence-corrected chi connectivity index (χ1v) is 7.38. The standard InChI is InChI=1S/C16H27N3O/c1-6-17-16(20)13(3)19(7-2)12-14-8-10-15(11-9-14)18(4)5/h8-11,13H,6-7,12H2,1-5H3,(H,17,20)/p+1/t13-/m1/s1. The van der Waals surface area contributed by atoms with E-state index < -0.39 is 0 Å². The van der Waals surface area contributed by atoms with Crippen LogP contribution in [0.4, 0.5) is 5.69 Å². The molecule has 0 heterocycles. The van der Waals surface area contributed by atoms with Gasteiger partial charge < -0.3 is 15.1 Å². The van der Waals surface area contributed by atoms with Crippen molar-refractivity contribution in [2.24, 2.45) is 0 Å². The molecule has 0 aromatic heterocycles. The van der Waals surface area contributed by atoms with E-state index in [4.69, 9.17) is 0 Å². The monoisotopic (exact) mass is 278 g/mol. The largest absolute Gasteiger partial charge is 0.378 e. The van der Waals surface area contributed by atoms with Crippen LogP contribution in [0.1, 0.15) is 26.3 Å². The number of carbonyl (C=O) groups is 1. The minimum atomic E-state index is -0.0199. The highest BCUT2D eigenvalue weighted by Gasteiger charge is 2.23. The molecule has 0 bridgehead atoms. The van der Waals surface area contributed by atoms with Crippen LogP contribution < -0.4 is 15.1 Å². The Hall–Kier alpha value is -1.55. The van der Waals surface area contributed by atoms with Crippen molar-refractivity contribution in [1.29, 1.82) is 0 Å². The van der Waals surface area contributed by atoms with Crippen molar-refractivity contribution in [2.75, 3.05) is 32.1 Å². The number of amides is 1. The van der Waals surface area contributed by atoms with E-state index >= 15 is 0 Å². The Morgan fingerprint density at radius 3 is 2.30 bits per heavy atom. The van der Waals surface area contributed by atoms with E-state index in [0.717, 1.165) is 13.1 Å². The van der Waals surface area contributed by atoms with Crippen molar-refractivity contribution in [3.63, 3.8) is 0 Å². The molecule has 1 aromatic rings. The molecular formula is C16H28N3O+. The fourth-order valence-electron chi connectivity index (χ4n) is 2.27. The van der Waals surface area contributed by atoms with Crippen LogP contribution >= 0.6 is 0 Å². The normalized spacial score (nSPS) is 13.7. The predicted molar refractivity (Wildman–Crippen MR) is 84.1 cm³/mol. The van der Waals surface area contributed by atoms with E-state index in [1.165, 1.54) is 16.2 Å². The average molecular weight is 278 g/mol. The fraction of sp³-hybridized carbons (Fsp3) is 0.562.